The van der Waals surface area contributed by atoms with Crippen LogP contribution in [0.5, 0.6) is 11.5 Å². The number of carbonyl (C=O) groups is 2. The van der Waals surface area contributed by atoms with Crippen molar-refractivity contribution in [1.29, 1.82) is 0 Å². The predicted molar refractivity (Wildman–Crippen MR) is 89.3 cm³/mol. The molecule has 0 aromatic heterocycles. The molecular weight excluding hydrogens is 322 g/mol. The maximum absolute atomic E-state index is 12.2. The Morgan fingerprint density at radius 1 is 1.30 bits per heavy atom. The second-order valence-electron chi connectivity index (χ2n) is 5.06. The first kappa shape index (κ1) is 19.1. The fourth-order valence-corrected chi connectivity index (χ4v) is 2.42. The van der Waals surface area contributed by atoms with Crippen molar-refractivity contribution in [2.45, 2.75) is 6.42 Å². The molecule has 0 aliphatic carbocycles. The summed E-state index contributed by atoms with van der Waals surface area (Å²) in [6.07, 6.45) is 0.190. The molecule has 1 aromatic carbocycles. The van der Waals surface area contributed by atoms with E-state index in [4.69, 9.17) is 15.2 Å². The van der Waals surface area contributed by atoms with Crippen LogP contribution >= 0.6 is 12.4 Å². The van der Waals surface area contributed by atoms with Gasteiger partial charge in [0.1, 0.15) is 11.5 Å². The lowest BCUT2D eigenvalue weighted by Crippen LogP contribution is -2.35. The highest BCUT2D eigenvalue weighted by Crippen LogP contribution is 2.32. The van der Waals surface area contributed by atoms with Crippen LogP contribution in [0.4, 0.5) is 5.69 Å². The Bertz CT molecular complexity index is 545. The number of hydrogen-bond donors (Lipinski definition) is 2. The molecule has 0 saturated carbocycles. The highest BCUT2D eigenvalue weighted by Gasteiger charge is 2.35. The standard InChI is InChI=1S/C15H21N3O4.ClH/c1-21-12-6-11(7-13(8-12)22-2)18-9-10(5-14(18)19)15(20)17-4-3-16;/h6-8,10H,3-5,9,16H2,1-2H3,(H,17,20);1H. The molecule has 0 bridgehead atoms. The molecule has 2 amide bonds. The van der Waals surface area contributed by atoms with Gasteiger partial charge in [0, 0.05) is 44.3 Å². The number of nitrogens with one attached hydrogen (secondary N) is 1. The van der Waals surface area contributed by atoms with Gasteiger partial charge in [-0.1, -0.05) is 0 Å². The molecule has 2 rings (SSSR count). The number of methoxy groups -OCH3 is 2. The molecule has 1 heterocycles. The second-order valence-corrected chi connectivity index (χ2v) is 5.06. The third-order valence-corrected chi connectivity index (χ3v) is 3.59. The number of halogens is 1. The first-order valence-corrected chi connectivity index (χ1v) is 7.10. The van der Waals surface area contributed by atoms with E-state index in [1.807, 2.05) is 0 Å². The van der Waals surface area contributed by atoms with Crippen LogP contribution in [-0.4, -0.2) is 45.7 Å². The van der Waals surface area contributed by atoms with Crippen molar-refractivity contribution in [1.82, 2.24) is 5.32 Å². The van der Waals surface area contributed by atoms with Gasteiger partial charge in [0.2, 0.25) is 11.8 Å². The van der Waals surface area contributed by atoms with Crippen molar-refractivity contribution in [2.75, 3.05) is 38.8 Å². The molecule has 128 valence electrons. The van der Waals surface area contributed by atoms with Gasteiger partial charge in [0.05, 0.1) is 25.8 Å². The Labute approximate surface area is 141 Å². The smallest absolute Gasteiger partial charge is 0.227 e. The van der Waals surface area contributed by atoms with Gasteiger partial charge in [-0.25, -0.2) is 0 Å². The normalized spacial score (nSPS) is 16.7. The Balaban J connectivity index is 0.00000264. The Morgan fingerprint density at radius 2 is 1.91 bits per heavy atom. The summed E-state index contributed by atoms with van der Waals surface area (Å²) < 4.78 is 10.4. The number of benzene rings is 1. The van der Waals surface area contributed by atoms with Gasteiger partial charge in [-0.15, -0.1) is 12.4 Å². The van der Waals surface area contributed by atoms with E-state index >= 15 is 0 Å². The molecule has 1 aromatic rings. The SMILES string of the molecule is COc1cc(OC)cc(N2CC(C(=O)NCCN)CC2=O)c1.Cl. The number of anilines is 1. The lowest BCUT2D eigenvalue weighted by molar-refractivity contribution is -0.126. The summed E-state index contributed by atoms with van der Waals surface area (Å²) in [5.41, 5.74) is 6.03. The minimum atomic E-state index is -0.365. The molecule has 1 saturated heterocycles. The molecule has 23 heavy (non-hydrogen) atoms. The first-order chi connectivity index (χ1) is 10.6. The lowest BCUT2D eigenvalue weighted by atomic mass is 10.1. The molecule has 1 aliphatic heterocycles. The van der Waals surface area contributed by atoms with E-state index in [0.717, 1.165) is 0 Å². The van der Waals surface area contributed by atoms with E-state index in [0.29, 0.717) is 36.8 Å². The number of nitrogens with zero attached hydrogens (tertiary/aromatic N) is 1. The summed E-state index contributed by atoms with van der Waals surface area (Å²) in [6.45, 7) is 1.13. The Morgan fingerprint density at radius 3 is 2.43 bits per heavy atom. The van der Waals surface area contributed by atoms with Gasteiger partial charge in [-0.2, -0.15) is 0 Å². The van der Waals surface area contributed by atoms with E-state index in [1.165, 1.54) is 0 Å². The molecule has 1 aliphatic rings. The fraction of sp³-hybridized carbons (Fsp3) is 0.467. The summed E-state index contributed by atoms with van der Waals surface area (Å²) in [6, 6.07) is 5.23. The van der Waals surface area contributed by atoms with Crippen molar-refractivity contribution in [3.05, 3.63) is 18.2 Å². The van der Waals surface area contributed by atoms with Crippen molar-refractivity contribution in [3.63, 3.8) is 0 Å². The first-order valence-electron chi connectivity index (χ1n) is 7.10. The molecule has 8 heteroatoms. The van der Waals surface area contributed by atoms with Crippen LogP contribution in [0.3, 0.4) is 0 Å². The summed E-state index contributed by atoms with van der Waals surface area (Å²) in [4.78, 5) is 25.8. The van der Waals surface area contributed by atoms with E-state index in [1.54, 1.807) is 37.3 Å². The average molecular weight is 344 g/mol. The zero-order chi connectivity index (χ0) is 16.1. The summed E-state index contributed by atoms with van der Waals surface area (Å²) in [5.74, 6) is 0.590. The van der Waals surface area contributed by atoms with Gasteiger partial charge in [-0.05, 0) is 0 Å². The van der Waals surface area contributed by atoms with Crippen molar-refractivity contribution in [2.24, 2.45) is 11.7 Å². The quantitative estimate of drug-likeness (QED) is 0.787. The maximum Gasteiger partial charge on any atom is 0.227 e. The molecule has 1 unspecified atom stereocenters. The Hall–Kier alpha value is -1.99. The minimum Gasteiger partial charge on any atom is -0.497 e. The predicted octanol–water partition coefficient (Wildman–Crippen LogP) is 0.553. The van der Waals surface area contributed by atoms with Crippen molar-refractivity contribution >= 4 is 29.9 Å². The highest BCUT2D eigenvalue weighted by atomic mass is 35.5. The van der Waals surface area contributed by atoms with Crippen LogP contribution in [0, 0.1) is 5.92 Å². The molecule has 0 spiro atoms. The molecular formula is C15H22ClN3O4. The minimum absolute atomic E-state index is 0. The van der Waals surface area contributed by atoms with Crippen LogP contribution in [0.2, 0.25) is 0 Å². The van der Waals surface area contributed by atoms with E-state index in [9.17, 15) is 9.59 Å². The van der Waals surface area contributed by atoms with Crippen LogP contribution in [-0.2, 0) is 9.59 Å². The zero-order valence-corrected chi connectivity index (χ0v) is 14.0. The van der Waals surface area contributed by atoms with Gasteiger partial charge < -0.3 is 25.4 Å². The zero-order valence-electron chi connectivity index (χ0n) is 13.2. The topological polar surface area (TPSA) is 93.9 Å². The largest absolute Gasteiger partial charge is 0.497 e. The summed E-state index contributed by atoms with van der Waals surface area (Å²) in [5, 5.41) is 2.72. The molecule has 3 N–H and O–H groups in total. The maximum atomic E-state index is 12.2. The lowest BCUT2D eigenvalue weighted by Gasteiger charge is -2.18. The van der Waals surface area contributed by atoms with Gasteiger partial charge in [0.25, 0.3) is 0 Å². The number of hydrogen-bond acceptors (Lipinski definition) is 5. The molecule has 1 fully saturated rings. The molecule has 1 atom stereocenters. The number of carbonyl (C=O) groups excluding carboxylic acids is 2. The van der Waals surface area contributed by atoms with Crippen molar-refractivity contribution in [3.8, 4) is 11.5 Å². The van der Waals surface area contributed by atoms with E-state index in [-0.39, 0.29) is 36.6 Å². The number of ether oxygens (including phenoxy) is 2. The summed E-state index contributed by atoms with van der Waals surface area (Å²) in [7, 11) is 3.10. The van der Waals surface area contributed by atoms with Gasteiger partial charge in [0.15, 0.2) is 0 Å². The number of amides is 2. The fourth-order valence-electron chi connectivity index (χ4n) is 2.42. The third-order valence-electron chi connectivity index (χ3n) is 3.59. The average Bonchev–Trinajstić information content (AvgIpc) is 2.93. The monoisotopic (exact) mass is 343 g/mol. The van der Waals surface area contributed by atoms with E-state index < -0.39 is 0 Å². The molecule has 7 nitrogen and oxygen atoms in total. The van der Waals surface area contributed by atoms with Crippen LogP contribution in [0.15, 0.2) is 18.2 Å². The van der Waals surface area contributed by atoms with Crippen LogP contribution in [0.25, 0.3) is 0 Å². The van der Waals surface area contributed by atoms with Gasteiger partial charge >= 0.3 is 0 Å². The van der Waals surface area contributed by atoms with Crippen LogP contribution in [0.1, 0.15) is 6.42 Å². The van der Waals surface area contributed by atoms with Gasteiger partial charge in [-0.3, -0.25) is 9.59 Å². The van der Waals surface area contributed by atoms with Crippen LogP contribution < -0.4 is 25.4 Å². The van der Waals surface area contributed by atoms with Crippen molar-refractivity contribution < 1.29 is 19.1 Å². The second kappa shape index (κ2) is 8.59. The third kappa shape index (κ3) is 4.49. The highest BCUT2D eigenvalue weighted by molar-refractivity contribution is 6.00. The summed E-state index contributed by atoms with van der Waals surface area (Å²) >= 11 is 0. The molecule has 0 radical (unpaired) electrons. The number of nitrogens with two attached hydrogens (primary N) is 1. The van der Waals surface area contributed by atoms with E-state index in [2.05, 4.69) is 5.32 Å². The Kier molecular flexibility index (Phi) is 7.12. The number of rotatable bonds is 6.